The first-order valence-corrected chi connectivity index (χ1v) is 8.17. The topological polar surface area (TPSA) is 61.7 Å². The first-order valence-electron chi connectivity index (χ1n) is 8.17. The summed E-state index contributed by atoms with van der Waals surface area (Å²) in [5, 5.41) is 4.22. The third-order valence-corrected chi connectivity index (χ3v) is 4.95. The highest BCUT2D eigenvalue weighted by atomic mass is 16.2. The average Bonchev–Trinajstić information content (AvgIpc) is 3.09. The van der Waals surface area contributed by atoms with Gasteiger partial charge in [0.2, 0.25) is 11.8 Å². The van der Waals surface area contributed by atoms with Gasteiger partial charge in [-0.15, -0.1) is 0 Å². The number of hydrogen-bond acceptors (Lipinski definition) is 4. The molecule has 3 heterocycles. The summed E-state index contributed by atoms with van der Waals surface area (Å²) in [6.07, 6.45) is 6.29. The molecule has 0 N–H and O–H groups in total. The van der Waals surface area contributed by atoms with Crippen LogP contribution in [0, 0.1) is 0 Å². The number of likely N-dealkylation sites (tertiary alicyclic amines) is 2. The van der Waals surface area contributed by atoms with Gasteiger partial charge in [0.05, 0.1) is 6.20 Å². The molecule has 0 saturated carbocycles. The van der Waals surface area contributed by atoms with E-state index in [0.717, 1.165) is 25.9 Å². The molecule has 0 aliphatic carbocycles. The lowest BCUT2D eigenvalue weighted by atomic mass is 9.96. The Kier molecular flexibility index (Phi) is 4.39. The van der Waals surface area contributed by atoms with E-state index < -0.39 is 0 Å². The summed E-state index contributed by atoms with van der Waals surface area (Å²) in [5.74, 6) is 0.106. The van der Waals surface area contributed by atoms with E-state index in [2.05, 4.69) is 10.00 Å². The average molecular weight is 319 g/mol. The summed E-state index contributed by atoms with van der Waals surface area (Å²) >= 11 is 0. The van der Waals surface area contributed by atoms with E-state index in [-0.39, 0.29) is 24.4 Å². The molecule has 2 aliphatic heterocycles. The monoisotopic (exact) mass is 319 g/mol. The van der Waals surface area contributed by atoms with Gasteiger partial charge in [-0.3, -0.25) is 19.2 Å². The van der Waals surface area contributed by atoms with Crippen molar-refractivity contribution in [3.8, 4) is 0 Å². The fourth-order valence-electron chi connectivity index (χ4n) is 3.72. The molecule has 2 atom stereocenters. The van der Waals surface area contributed by atoms with Crippen molar-refractivity contribution in [2.45, 2.75) is 37.9 Å². The Morgan fingerprint density at radius 2 is 2.13 bits per heavy atom. The van der Waals surface area contributed by atoms with Crippen LogP contribution >= 0.6 is 0 Å². The summed E-state index contributed by atoms with van der Waals surface area (Å²) in [6, 6.07) is 0.514. The summed E-state index contributed by atoms with van der Waals surface area (Å²) in [7, 11) is 5.39. The molecule has 0 aromatic carbocycles. The van der Waals surface area contributed by atoms with Crippen molar-refractivity contribution in [1.82, 2.24) is 24.5 Å². The van der Waals surface area contributed by atoms with Gasteiger partial charge < -0.3 is 9.80 Å². The molecular formula is C16H25N5O2. The minimum absolute atomic E-state index is 0.00953. The first-order chi connectivity index (χ1) is 11.0. The number of fused-ring (bicyclic) bond motifs is 1. The standard InChI is InChI=1S/C16H25N5O2/c1-18(2)16(23)11-21-14-6-7-20(13(14)4-5-15(21)22)10-12-8-17-19(3)9-12/h8-9,13-14H,4-7,10-11H2,1-3H3/t13-,14-/m1/s1. The lowest BCUT2D eigenvalue weighted by Crippen LogP contribution is -2.54. The number of carbonyl (C=O) groups excluding carboxylic acids is 2. The molecule has 1 aromatic heterocycles. The van der Waals surface area contributed by atoms with Crippen molar-refractivity contribution >= 4 is 11.8 Å². The number of likely N-dealkylation sites (N-methyl/N-ethyl adjacent to an activating group) is 1. The zero-order chi connectivity index (χ0) is 16.6. The van der Waals surface area contributed by atoms with Crippen LogP contribution in [-0.2, 0) is 23.2 Å². The van der Waals surface area contributed by atoms with E-state index in [4.69, 9.17) is 0 Å². The highest BCUT2D eigenvalue weighted by molar-refractivity contribution is 5.85. The summed E-state index contributed by atoms with van der Waals surface area (Å²) in [4.78, 5) is 30.1. The number of amides is 2. The highest BCUT2D eigenvalue weighted by Crippen LogP contribution is 2.32. The van der Waals surface area contributed by atoms with E-state index in [1.165, 1.54) is 5.56 Å². The molecular weight excluding hydrogens is 294 g/mol. The van der Waals surface area contributed by atoms with Crippen molar-refractivity contribution < 1.29 is 9.59 Å². The largest absolute Gasteiger partial charge is 0.347 e. The maximum absolute atomic E-state index is 12.3. The Morgan fingerprint density at radius 3 is 2.78 bits per heavy atom. The third kappa shape index (κ3) is 3.24. The molecule has 0 radical (unpaired) electrons. The first kappa shape index (κ1) is 16.0. The molecule has 0 bridgehead atoms. The number of rotatable bonds is 4. The predicted octanol–water partition coefficient (Wildman–Crippen LogP) is 0.0736. The Morgan fingerprint density at radius 1 is 1.35 bits per heavy atom. The summed E-state index contributed by atoms with van der Waals surface area (Å²) in [5.41, 5.74) is 1.20. The molecule has 7 heteroatoms. The Bertz CT molecular complexity index is 597. The molecule has 1 aromatic rings. The SMILES string of the molecule is CN(C)C(=O)CN1C(=O)CC[C@@H]2[C@H]1CCN2Cc1cnn(C)c1. The van der Waals surface area contributed by atoms with Gasteiger partial charge >= 0.3 is 0 Å². The molecule has 7 nitrogen and oxygen atoms in total. The fourth-order valence-corrected chi connectivity index (χ4v) is 3.72. The van der Waals surface area contributed by atoms with E-state index in [9.17, 15) is 9.59 Å². The van der Waals surface area contributed by atoms with Crippen LogP contribution in [0.1, 0.15) is 24.8 Å². The van der Waals surface area contributed by atoms with Gasteiger partial charge in [-0.2, -0.15) is 5.10 Å². The second kappa shape index (κ2) is 6.31. The van der Waals surface area contributed by atoms with Crippen molar-refractivity contribution in [1.29, 1.82) is 0 Å². The normalized spacial score (nSPS) is 24.8. The number of aromatic nitrogens is 2. The molecule has 2 aliphatic rings. The van der Waals surface area contributed by atoms with Crippen molar-refractivity contribution in [3.63, 3.8) is 0 Å². The van der Waals surface area contributed by atoms with Gasteiger partial charge in [-0.05, 0) is 12.8 Å². The van der Waals surface area contributed by atoms with E-state index in [1.54, 1.807) is 23.9 Å². The van der Waals surface area contributed by atoms with Crippen molar-refractivity contribution in [2.75, 3.05) is 27.2 Å². The Labute approximate surface area is 136 Å². The number of hydrogen-bond donors (Lipinski definition) is 0. The smallest absolute Gasteiger partial charge is 0.241 e. The van der Waals surface area contributed by atoms with Gasteiger partial charge in [0.15, 0.2) is 0 Å². The van der Waals surface area contributed by atoms with Gasteiger partial charge in [0, 0.05) is 64.5 Å². The lowest BCUT2D eigenvalue weighted by molar-refractivity contribution is -0.144. The molecule has 3 rings (SSSR count). The van der Waals surface area contributed by atoms with Crippen molar-refractivity contribution in [3.05, 3.63) is 18.0 Å². The molecule has 2 amide bonds. The lowest BCUT2D eigenvalue weighted by Gasteiger charge is -2.39. The van der Waals surface area contributed by atoms with Crippen LogP contribution in [0.4, 0.5) is 0 Å². The number of nitrogens with zero attached hydrogens (tertiary/aromatic N) is 5. The molecule has 2 saturated heterocycles. The van der Waals surface area contributed by atoms with Crippen LogP contribution in [0.15, 0.2) is 12.4 Å². The third-order valence-electron chi connectivity index (χ3n) is 4.95. The van der Waals surface area contributed by atoms with Crippen molar-refractivity contribution in [2.24, 2.45) is 7.05 Å². The molecule has 0 spiro atoms. The van der Waals surface area contributed by atoms with E-state index in [1.807, 2.05) is 24.1 Å². The predicted molar refractivity (Wildman–Crippen MR) is 85.5 cm³/mol. The Hall–Kier alpha value is -1.89. The fraction of sp³-hybridized carbons (Fsp3) is 0.688. The quantitative estimate of drug-likeness (QED) is 0.788. The zero-order valence-corrected chi connectivity index (χ0v) is 14.1. The van der Waals surface area contributed by atoms with Crippen LogP contribution in [0.2, 0.25) is 0 Å². The van der Waals surface area contributed by atoms with E-state index in [0.29, 0.717) is 12.5 Å². The highest BCUT2D eigenvalue weighted by Gasteiger charge is 2.43. The minimum Gasteiger partial charge on any atom is -0.347 e. The van der Waals surface area contributed by atoms with Crippen LogP contribution in [0.5, 0.6) is 0 Å². The van der Waals surface area contributed by atoms with Gasteiger partial charge in [-0.25, -0.2) is 0 Å². The molecule has 126 valence electrons. The van der Waals surface area contributed by atoms with Crippen LogP contribution < -0.4 is 0 Å². The molecule has 2 fully saturated rings. The zero-order valence-electron chi connectivity index (χ0n) is 14.1. The maximum Gasteiger partial charge on any atom is 0.241 e. The molecule has 23 heavy (non-hydrogen) atoms. The minimum atomic E-state index is -0.00953. The summed E-state index contributed by atoms with van der Waals surface area (Å²) in [6.45, 7) is 2.02. The maximum atomic E-state index is 12.3. The van der Waals surface area contributed by atoms with Crippen LogP contribution in [0.25, 0.3) is 0 Å². The van der Waals surface area contributed by atoms with Crippen LogP contribution in [0.3, 0.4) is 0 Å². The van der Waals surface area contributed by atoms with Gasteiger partial charge in [-0.1, -0.05) is 0 Å². The van der Waals surface area contributed by atoms with Crippen LogP contribution in [-0.4, -0.2) is 75.6 Å². The number of carbonyl (C=O) groups is 2. The molecule has 0 unspecified atom stereocenters. The number of piperidine rings is 1. The second-order valence-electron chi connectivity index (χ2n) is 6.76. The Balaban J connectivity index is 1.69. The van der Waals surface area contributed by atoms with Gasteiger partial charge in [0.1, 0.15) is 6.54 Å². The van der Waals surface area contributed by atoms with Gasteiger partial charge in [0.25, 0.3) is 0 Å². The van der Waals surface area contributed by atoms with E-state index >= 15 is 0 Å². The summed E-state index contributed by atoms with van der Waals surface area (Å²) < 4.78 is 1.81. The second-order valence-corrected chi connectivity index (χ2v) is 6.76. The number of aryl methyl sites for hydroxylation is 1.